The molecule has 19 heavy (non-hydrogen) atoms. The first-order valence-corrected chi connectivity index (χ1v) is 7.74. The lowest BCUT2D eigenvalue weighted by Gasteiger charge is -2.11. The van der Waals surface area contributed by atoms with Crippen molar-refractivity contribution in [2.75, 3.05) is 11.1 Å². The third kappa shape index (κ3) is 3.32. The Kier molecular flexibility index (Phi) is 4.16. The lowest BCUT2D eigenvalue weighted by atomic mass is 10.3. The van der Waals surface area contributed by atoms with Gasteiger partial charge in [-0.25, -0.2) is 8.42 Å². The molecule has 0 atom stereocenters. The number of hydrogen-bond acceptors (Lipinski definition) is 4. The van der Waals surface area contributed by atoms with Crippen molar-refractivity contribution in [1.29, 1.82) is 0 Å². The van der Waals surface area contributed by atoms with Crippen LogP contribution in [0.5, 0.6) is 0 Å². The maximum absolute atomic E-state index is 12.0. The highest BCUT2D eigenvalue weighted by molar-refractivity contribution is 7.91. The van der Waals surface area contributed by atoms with Crippen LogP contribution in [0, 0.1) is 0 Å². The molecule has 2 rings (SSSR count). The summed E-state index contributed by atoms with van der Waals surface area (Å²) in [7, 11) is -3.22. The fraction of sp³-hybridized carbons (Fsp3) is 0.214. The summed E-state index contributed by atoms with van der Waals surface area (Å²) in [6.07, 6.45) is 1.71. The molecule has 0 amide bonds. The smallest absolute Gasteiger partial charge is 0.180 e. The molecule has 0 spiro atoms. The summed E-state index contributed by atoms with van der Waals surface area (Å²) in [5.41, 5.74) is 1.49. The average molecular weight is 276 g/mol. The van der Waals surface area contributed by atoms with E-state index in [2.05, 4.69) is 10.3 Å². The molecule has 4 nitrogen and oxygen atoms in total. The van der Waals surface area contributed by atoms with Crippen molar-refractivity contribution in [2.45, 2.75) is 18.4 Å². The van der Waals surface area contributed by atoms with Crippen LogP contribution in [-0.4, -0.2) is 19.2 Å². The summed E-state index contributed by atoms with van der Waals surface area (Å²) in [6, 6.07) is 12.6. The molecule has 5 heteroatoms. The van der Waals surface area contributed by atoms with E-state index in [1.165, 1.54) is 0 Å². The van der Waals surface area contributed by atoms with Gasteiger partial charge in [0.05, 0.1) is 28.6 Å². The van der Waals surface area contributed by atoms with Gasteiger partial charge in [0, 0.05) is 6.20 Å². The van der Waals surface area contributed by atoms with Gasteiger partial charge in [0.25, 0.3) is 0 Å². The van der Waals surface area contributed by atoms with Gasteiger partial charge in [0.2, 0.25) is 0 Å². The lowest BCUT2D eigenvalue weighted by Crippen LogP contribution is -2.09. The Morgan fingerprint density at radius 2 is 1.84 bits per heavy atom. The number of rotatable bonds is 5. The molecule has 1 N–H and O–H groups in total. The second kappa shape index (κ2) is 5.84. The Balaban J connectivity index is 2.22. The topological polar surface area (TPSA) is 59.1 Å². The number of nitrogens with one attached hydrogen (secondary N) is 1. The fourth-order valence-corrected chi connectivity index (χ4v) is 2.80. The zero-order valence-corrected chi connectivity index (χ0v) is 11.5. The molecule has 0 aliphatic rings. The maximum atomic E-state index is 12.0. The van der Waals surface area contributed by atoms with Crippen molar-refractivity contribution in [2.24, 2.45) is 0 Å². The zero-order chi connectivity index (χ0) is 13.7. The Morgan fingerprint density at radius 1 is 1.11 bits per heavy atom. The molecule has 1 aromatic heterocycles. The van der Waals surface area contributed by atoms with Crippen molar-refractivity contribution in [3.05, 3.63) is 54.4 Å². The van der Waals surface area contributed by atoms with Gasteiger partial charge in [-0.2, -0.15) is 0 Å². The quantitative estimate of drug-likeness (QED) is 0.911. The minimum absolute atomic E-state index is 0.0925. The van der Waals surface area contributed by atoms with Crippen molar-refractivity contribution < 1.29 is 8.42 Å². The number of aromatic nitrogens is 1. The minimum Gasteiger partial charge on any atom is -0.378 e. The summed E-state index contributed by atoms with van der Waals surface area (Å²) >= 11 is 0. The Morgan fingerprint density at radius 3 is 2.53 bits per heavy atom. The van der Waals surface area contributed by atoms with Gasteiger partial charge in [-0.15, -0.1) is 0 Å². The Bertz CT molecular complexity index is 640. The third-order valence-corrected chi connectivity index (χ3v) is 4.57. The first-order valence-electron chi connectivity index (χ1n) is 6.09. The molecule has 0 radical (unpaired) electrons. The predicted molar refractivity (Wildman–Crippen MR) is 75.7 cm³/mol. The lowest BCUT2D eigenvalue weighted by molar-refractivity contribution is 0.597. The fourth-order valence-electron chi connectivity index (χ4n) is 1.73. The molecule has 0 aliphatic carbocycles. The molecule has 1 aromatic carbocycles. The molecular weight excluding hydrogens is 260 g/mol. The number of pyridine rings is 1. The number of benzene rings is 1. The van der Waals surface area contributed by atoms with E-state index >= 15 is 0 Å². The first-order chi connectivity index (χ1) is 9.13. The number of anilines is 1. The SMILES string of the molecule is CCS(=O)(=O)c1ccccc1NCc1ccccn1. The van der Waals surface area contributed by atoms with Crippen molar-refractivity contribution in [3.8, 4) is 0 Å². The predicted octanol–water partition coefficient (Wildman–Crippen LogP) is 2.49. The van der Waals surface area contributed by atoms with Crippen LogP contribution in [0.15, 0.2) is 53.6 Å². The molecule has 100 valence electrons. The molecule has 0 bridgehead atoms. The van der Waals surface area contributed by atoms with E-state index in [0.717, 1.165) is 5.69 Å². The zero-order valence-electron chi connectivity index (χ0n) is 10.7. The third-order valence-electron chi connectivity index (χ3n) is 2.79. The van der Waals surface area contributed by atoms with Crippen LogP contribution >= 0.6 is 0 Å². The highest BCUT2D eigenvalue weighted by atomic mass is 32.2. The highest BCUT2D eigenvalue weighted by Gasteiger charge is 2.15. The van der Waals surface area contributed by atoms with Crippen LogP contribution in [0.3, 0.4) is 0 Å². The molecular formula is C14H16N2O2S. The Hall–Kier alpha value is -1.88. The van der Waals surface area contributed by atoms with Crippen LogP contribution in [0.1, 0.15) is 12.6 Å². The normalized spacial score (nSPS) is 11.2. The van der Waals surface area contributed by atoms with E-state index in [1.54, 1.807) is 31.3 Å². The summed E-state index contributed by atoms with van der Waals surface area (Å²) in [6.45, 7) is 2.14. The van der Waals surface area contributed by atoms with Gasteiger partial charge >= 0.3 is 0 Å². The van der Waals surface area contributed by atoms with Crippen LogP contribution in [0.2, 0.25) is 0 Å². The molecule has 2 aromatic rings. The van der Waals surface area contributed by atoms with E-state index in [9.17, 15) is 8.42 Å². The number of nitrogens with zero attached hydrogens (tertiary/aromatic N) is 1. The van der Waals surface area contributed by atoms with Gasteiger partial charge in [0.1, 0.15) is 0 Å². The van der Waals surface area contributed by atoms with E-state index in [0.29, 0.717) is 17.1 Å². The highest BCUT2D eigenvalue weighted by Crippen LogP contribution is 2.22. The van der Waals surface area contributed by atoms with Gasteiger partial charge in [-0.3, -0.25) is 4.98 Å². The molecule has 0 aliphatic heterocycles. The van der Waals surface area contributed by atoms with Gasteiger partial charge in [-0.05, 0) is 24.3 Å². The number of para-hydroxylation sites is 1. The maximum Gasteiger partial charge on any atom is 0.180 e. The summed E-state index contributed by atoms with van der Waals surface area (Å²) in [5.74, 6) is 0.0925. The summed E-state index contributed by atoms with van der Waals surface area (Å²) in [5, 5.41) is 3.13. The van der Waals surface area contributed by atoms with Crippen LogP contribution in [0.4, 0.5) is 5.69 Å². The molecule has 0 fully saturated rings. The molecule has 0 saturated heterocycles. The molecule has 0 unspecified atom stereocenters. The van der Waals surface area contributed by atoms with Gasteiger partial charge in [-0.1, -0.05) is 25.1 Å². The monoisotopic (exact) mass is 276 g/mol. The van der Waals surface area contributed by atoms with E-state index in [1.807, 2.05) is 24.3 Å². The summed E-state index contributed by atoms with van der Waals surface area (Å²) < 4.78 is 24.0. The average Bonchev–Trinajstić information content (AvgIpc) is 2.46. The van der Waals surface area contributed by atoms with E-state index in [4.69, 9.17) is 0 Å². The van der Waals surface area contributed by atoms with E-state index in [-0.39, 0.29) is 5.75 Å². The van der Waals surface area contributed by atoms with Gasteiger partial charge in [0.15, 0.2) is 9.84 Å². The van der Waals surface area contributed by atoms with Crippen LogP contribution in [0.25, 0.3) is 0 Å². The van der Waals surface area contributed by atoms with Crippen LogP contribution in [-0.2, 0) is 16.4 Å². The molecule has 1 heterocycles. The van der Waals surface area contributed by atoms with Crippen molar-refractivity contribution in [1.82, 2.24) is 4.98 Å². The molecule has 0 saturated carbocycles. The minimum atomic E-state index is -3.22. The van der Waals surface area contributed by atoms with Gasteiger partial charge < -0.3 is 5.32 Å². The van der Waals surface area contributed by atoms with Crippen LogP contribution < -0.4 is 5.32 Å². The standard InChI is InChI=1S/C14H16N2O2S/c1-2-19(17,18)14-9-4-3-8-13(14)16-11-12-7-5-6-10-15-12/h3-10,16H,2,11H2,1H3. The Labute approximate surface area is 113 Å². The second-order valence-electron chi connectivity index (χ2n) is 4.07. The largest absolute Gasteiger partial charge is 0.378 e. The summed E-state index contributed by atoms with van der Waals surface area (Å²) in [4.78, 5) is 4.54. The van der Waals surface area contributed by atoms with Crippen molar-refractivity contribution in [3.63, 3.8) is 0 Å². The number of sulfone groups is 1. The van der Waals surface area contributed by atoms with E-state index < -0.39 is 9.84 Å². The first kappa shape index (κ1) is 13.5. The van der Waals surface area contributed by atoms with Crippen molar-refractivity contribution >= 4 is 15.5 Å². The number of hydrogen-bond donors (Lipinski definition) is 1. The second-order valence-corrected chi connectivity index (χ2v) is 6.32.